The van der Waals surface area contributed by atoms with Crippen LogP contribution in [-0.2, 0) is 33.4 Å². The van der Waals surface area contributed by atoms with Gasteiger partial charge < -0.3 is 5.11 Å². The number of aromatic nitrogens is 1. The van der Waals surface area contributed by atoms with Crippen LogP contribution in [-0.4, -0.2) is 44.9 Å². The minimum absolute atomic E-state index is 0.0225. The fourth-order valence-corrected chi connectivity index (χ4v) is 7.13. The van der Waals surface area contributed by atoms with Gasteiger partial charge in [-0.15, -0.1) is 11.3 Å². The molecule has 11 heteroatoms. The molecule has 0 bridgehead atoms. The van der Waals surface area contributed by atoms with E-state index in [1.807, 2.05) is 43.3 Å². The number of alkyl halides is 3. The van der Waals surface area contributed by atoms with Crippen LogP contribution in [0.4, 0.5) is 13.2 Å². The van der Waals surface area contributed by atoms with Gasteiger partial charge in [0.2, 0.25) is 11.8 Å². The number of amides is 2. The first-order chi connectivity index (χ1) is 20.0. The Morgan fingerprint density at radius 3 is 2.50 bits per heavy atom. The van der Waals surface area contributed by atoms with Gasteiger partial charge in [0.1, 0.15) is 5.54 Å². The summed E-state index contributed by atoms with van der Waals surface area (Å²) in [5.41, 5.74) is 0.302. The highest BCUT2D eigenvalue weighted by Gasteiger charge is 2.68. The van der Waals surface area contributed by atoms with E-state index < -0.39 is 52.9 Å². The SMILES string of the molecule is Cc1ncsc1CCN1C(=O)C2C(c3cccc(C(F)(F)F)c3)NC(Cc3ccc4ccccc4c3)(C(=O)O)C2C1=O. The molecule has 4 unspecified atom stereocenters. The standard InChI is InChI=1S/C31H26F3N3O4S/c1-17-23(42-16-35-17)11-12-37-27(38)24-25(28(37)39)30(29(40)41,15-18-9-10-19-5-2-3-6-20(19)13-18)36-26(24)21-7-4-8-22(14-21)31(32,33)34/h2-10,13-14,16,24-26,36H,11-12,15H2,1H3,(H,40,41). The van der Waals surface area contributed by atoms with Gasteiger partial charge in [-0.2, -0.15) is 13.2 Å². The van der Waals surface area contributed by atoms with Gasteiger partial charge in [-0.3, -0.25) is 24.6 Å². The number of carboxylic acid groups (broad SMARTS) is 1. The molecule has 1 aromatic heterocycles. The van der Waals surface area contributed by atoms with Crippen molar-refractivity contribution >= 4 is 39.9 Å². The first-order valence-corrected chi connectivity index (χ1v) is 14.3. The average Bonchev–Trinajstić information content (AvgIpc) is 3.60. The highest BCUT2D eigenvalue weighted by Crippen LogP contribution is 2.50. The Morgan fingerprint density at radius 2 is 1.81 bits per heavy atom. The summed E-state index contributed by atoms with van der Waals surface area (Å²) >= 11 is 1.39. The number of imide groups is 1. The minimum atomic E-state index is -4.64. The quantitative estimate of drug-likeness (QED) is 0.287. The first-order valence-electron chi connectivity index (χ1n) is 13.4. The van der Waals surface area contributed by atoms with Gasteiger partial charge in [0.25, 0.3) is 0 Å². The second-order valence-electron chi connectivity index (χ2n) is 10.8. The summed E-state index contributed by atoms with van der Waals surface area (Å²) in [5, 5.41) is 15.5. The van der Waals surface area contributed by atoms with Crippen molar-refractivity contribution in [1.29, 1.82) is 0 Å². The number of halogens is 3. The third kappa shape index (κ3) is 4.66. The topological polar surface area (TPSA) is 99.6 Å². The van der Waals surface area contributed by atoms with E-state index in [-0.39, 0.29) is 18.5 Å². The highest BCUT2D eigenvalue weighted by molar-refractivity contribution is 7.09. The molecule has 2 amide bonds. The summed E-state index contributed by atoms with van der Waals surface area (Å²) < 4.78 is 40.9. The van der Waals surface area contributed by atoms with Crippen LogP contribution in [0, 0.1) is 18.8 Å². The zero-order valence-electron chi connectivity index (χ0n) is 22.4. The lowest BCUT2D eigenvalue weighted by molar-refractivity contribution is -0.151. The zero-order chi connectivity index (χ0) is 29.8. The number of hydrogen-bond acceptors (Lipinski definition) is 6. The molecule has 0 saturated carbocycles. The summed E-state index contributed by atoms with van der Waals surface area (Å²) in [6.45, 7) is 1.84. The fourth-order valence-electron chi connectivity index (χ4n) is 6.36. The maximum Gasteiger partial charge on any atom is 0.416 e. The Morgan fingerprint density at radius 1 is 1.05 bits per heavy atom. The van der Waals surface area contributed by atoms with E-state index in [1.54, 1.807) is 11.6 Å². The molecule has 0 radical (unpaired) electrons. The average molecular weight is 594 g/mol. The fraction of sp³-hybridized carbons (Fsp3) is 0.290. The Labute approximate surface area is 243 Å². The third-order valence-corrected chi connectivity index (χ3v) is 9.40. The van der Waals surface area contributed by atoms with Gasteiger partial charge in [-0.25, -0.2) is 4.98 Å². The Bertz CT molecular complexity index is 1720. The van der Waals surface area contributed by atoms with Crippen molar-refractivity contribution < 1.29 is 32.7 Å². The molecule has 6 rings (SSSR count). The maximum atomic E-state index is 14.0. The van der Waals surface area contributed by atoms with Crippen LogP contribution in [0.3, 0.4) is 0 Å². The summed E-state index contributed by atoms with van der Waals surface area (Å²) in [4.78, 5) is 47.2. The van der Waals surface area contributed by atoms with E-state index in [4.69, 9.17) is 0 Å². The van der Waals surface area contributed by atoms with Crippen LogP contribution in [0.25, 0.3) is 10.8 Å². The summed E-state index contributed by atoms with van der Waals surface area (Å²) in [7, 11) is 0. The molecule has 2 N–H and O–H groups in total. The molecule has 3 heterocycles. The van der Waals surface area contributed by atoms with Gasteiger partial charge in [0, 0.05) is 30.3 Å². The number of carbonyl (C=O) groups excluding carboxylic acids is 2. The third-order valence-electron chi connectivity index (χ3n) is 8.40. The number of carbonyl (C=O) groups is 3. The lowest BCUT2D eigenvalue weighted by atomic mass is 9.76. The molecular formula is C31H26F3N3O4S. The number of nitrogens with one attached hydrogen (secondary N) is 1. The van der Waals surface area contributed by atoms with Crippen molar-refractivity contribution in [2.45, 2.75) is 37.5 Å². The number of fused-ring (bicyclic) bond motifs is 2. The molecule has 0 spiro atoms. The number of likely N-dealkylation sites (tertiary alicyclic amines) is 1. The van der Waals surface area contributed by atoms with E-state index in [1.165, 1.54) is 23.5 Å². The van der Waals surface area contributed by atoms with Gasteiger partial charge in [0.15, 0.2) is 0 Å². The van der Waals surface area contributed by atoms with Crippen LogP contribution in [0.15, 0.2) is 72.2 Å². The molecule has 42 heavy (non-hydrogen) atoms. The second kappa shape index (κ2) is 10.3. The van der Waals surface area contributed by atoms with Crippen molar-refractivity contribution in [3.63, 3.8) is 0 Å². The predicted molar refractivity (Wildman–Crippen MR) is 150 cm³/mol. The van der Waals surface area contributed by atoms with Gasteiger partial charge in [-0.1, -0.05) is 54.6 Å². The minimum Gasteiger partial charge on any atom is -0.480 e. The normalized spacial score (nSPS) is 24.0. The van der Waals surface area contributed by atoms with Crippen molar-refractivity contribution in [3.05, 3.63) is 99.5 Å². The van der Waals surface area contributed by atoms with Gasteiger partial charge >= 0.3 is 12.1 Å². The lowest BCUT2D eigenvalue weighted by Crippen LogP contribution is -2.57. The van der Waals surface area contributed by atoms with Crippen molar-refractivity contribution in [2.75, 3.05) is 6.54 Å². The smallest absolute Gasteiger partial charge is 0.416 e. The molecule has 2 saturated heterocycles. The van der Waals surface area contributed by atoms with E-state index in [0.29, 0.717) is 12.0 Å². The van der Waals surface area contributed by atoms with Crippen molar-refractivity contribution in [3.8, 4) is 0 Å². The number of thiazole rings is 1. The summed E-state index contributed by atoms with van der Waals surface area (Å²) in [6, 6.07) is 16.4. The molecule has 2 aliphatic heterocycles. The number of aliphatic carboxylic acids is 1. The van der Waals surface area contributed by atoms with Crippen LogP contribution in [0.5, 0.6) is 0 Å². The summed E-state index contributed by atoms with van der Waals surface area (Å²) in [6.07, 6.45) is -4.44. The largest absolute Gasteiger partial charge is 0.480 e. The highest BCUT2D eigenvalue weighted by atomic mass is 32.1. The Hall–Kier alpha value is -4.09. The van der Waals surface area contributed by atoms with E-state index in [2.05, 4.69) is 10.3 Å². The van der Waals surface area contributed by atoms with Crippen LogP contribution >= 0.6 is 11.3 Å². The maximum absolute atomic E-state index is 14.0. The monoisotopic (exact) mass is 593 g/mol. The van der Waals surface area contributed by atoms with Crippen LogP contribution < -0.4 is 5.32 Å². The lowest BCUT2D eigenvalue weighted by Gasteiger charge is -2.31. The van der Waals surface area contributed by atoms with E-state index in [0.717, 1.165) is 38.4 Å². The Kier molecular flexibility index (Phi) is 6.89. The Balaban J connectivity index is 1.43. The molecule has 2 aliphatic rings. The molecule has 4 aromatic rings. The van der Waals surface area contributed by atoms with Gasteiger partial charge in [-0.05, 0) is 41.0 Å². The summed E-state index contributed by atoms with van der Waals surface area (Å²) in [5.74, 6) is -5.10. The van der Waals surface area contributed by atoms with E-state index in [9.17, 15) is 32.7 Å². The molecule has 0 aliphatic carbocycles. The molecule has 2 fully saturated rings. The number of rotatable bonds is 7. The number of benzene rings is 3. The van der Waals surface area contributed by atoms with E-state index >= 15 is 0 Å². The molecule has 7 nitrogen and oxygen atoms in total. The zero-order valence-corrected chi connectivity index (χ0v) is 23.2. The van der Waals surface area contributed by atoms with Crippen molar-refractivity contribution in [2.24, 2.45) is 11.8 Å². The number of hydrogen-bond donors (Lipinski definition) is 2. The predicted octanol–water partition coefficient (Wildman–Crippen LogP) is 5.18. The number of carboxylic acids is 1. The van der Waals surface area contributed by atoms with Gasteiger partial charge in [0.05, 0.1) is 28.6 Å². The molecular weight excluding hydrogens is 567 g/mol. The second-order valence-corrected chi connectivity index (χ2v) is 11.8. The van der Waals surface area contributed by atoms with Crippen LogP contribution in [0.1, 0.15) is 33.3 Å². The molecule has 216 valence electrons. The number of aryl methyl sites for hydroxylation is 1. The number of nitrogens with zero attached hydrogens (tertiary/aromatic N) is 2. The van der Waals surface area contributed by atoms with Crippen LogP contribution in [0.2, 0.25) is 0 Å². The van der Waals surface area contributed by atoms with Crippen molar-refractivity contribution in [1.82, 2.24) is 15.2 Å². The molecule has 3 aromatic carbocycles. The molecule has 4 atom stereocenters. The first kappa shape index (κ1) is 28.0.